The molecule has 0 unspecified atom stereocenters. The van der Waals surface area contributed by atoms with E-state index in [-0.39, 0.29) is 5.91 Å². The van der Waals surface area contributed by atoms with Crippen LogP contribution >= 0.6 is 15.9 Å². The number of benzene rings is 1. The van der Waals surface area contributed by atoms with Crippen LogP contribution < -0.4 is 10.1 Å². The summed E-state index contributed by atoms with van der Waals surface area (Å²) in [6, 6.07) is 5.62. The predicted molar refractivity (Wildman–Crippen MR) is 80.5 cm³/mol. The maximum absolute atomic E-state index is 12.1. The molecule has 0 saturated heterocycles. The third-order valence-electron chi connectivity index (χ3n) is 3.63. The van der Waals surface area contributed by atoms with E-state index in [0.29, 0.717) is 18.1 Å². The highest BCUT2D eigenvalue weighted by Crippen LogP contribution is 2.30. The van der Waals surface area contributed by atoms with Gasteiger partial charge in [-0.05, 0) is 37.0 Å². The van der Waals surface area contributed by atoms with E-state index in [1.54, 1.807) is 7.11 Å². The predicted octanol–water partition coefficient (Wildman–Crippen LogP) is 4.37. The van der Waals surface area contributed by atoms with Crippen molar-refractivity contribution in [2.24, 2.45) is 5.92 Å². The number of amides is 1. The highest BCUT2D eigenvalue weighted by Gasteiger charge is 2.17. The van der Waals surface area contributed by atoms with Crippen molar-refractivity contribution in [1.29, 1.82) is 0 Å². The molecule has 1 amide bonds. The van der Waals surface area contributed by atoms with Crippen LogP contribution in [0.2, 0.25) is 0 Å². The van der Waals surface area contributed by atoms with Gasteiger partial charge in [0.25, 0.3) is 0 Å². The number of rotatable bonds is 4. The van der Waals surface area contributed by atoms with Crippen LogP contribution in [0.1, 0.15) is 38.5 Å². The van der Waals surface area contributed by atoms with Gasteiger partial charge < -0.3 is 10.1 Å². The minimum absolute atomic E-state index is 0.0864. The maximum Gasteiger partial charge on any atom is 0.224 e. The van der Waals surface area contributed by atoms with Crippen LogP contribution in [0.4, 0.5) is 5.69 Å². The van der Waals surface area contributed by atoms with E-state index in [2.05, 4.69) is 21.2 Å². The number of halogens is 1. The smallest absolute Gasteiger partial charge is 0.224 e. The van der Waals surface area contributed by atoms with E-state index in [4.69, 9.17) is 4.74 Å². The fraction of sp³-hybridized carbons (Fsp3) is 0.533. The molecular formula is C15H20BrNO2. The maximum atomic E-state index is 12.1. The van der Waals surface area contributed by atoms with Crippen molar-refractivity contribution >= 4 is 27.5 Å². The van der Waals surface area contributed by atoms with Crippen molar-refractivity contribution in [2.75, 3.05) is 12.4 Å². The zero-order valence-electron chi connectivity index (χ0n) is 11.2. The second kappa shape index (κ2) is 6.94. The quantitative estimate of drug-likeness (QED) is 0.892. The molecule has 0 atom stereocenters. The van der Waals surface area contributed by atoms with Crippen LogP contribution in [0.3, 0.4) is 0 Å². The lowest BCUT2D eigenvalue weighted by Gasteiger charge is -2.21. The number of hydrogen-bond donors (Lipinski definition) is 1. The summed E-state index contributed by atoms with van der Waals surface area (Å²) in [6.07, 6.45) is 6.83. The van der Waals surface area contributed by atoms with E-state index in [9.17, 15) is 4.79 Å². The molecule has 104 valence electrons. The molecule has 0 spiro atoms. The number of hydrogen-bond acceptors (Lipinski definition) is 2. The van der Waals surface area contributed by atoms with Crippen LogP contribution in [0.15, 0.2) is 22.7 Å². The van der Waals surface area contributed by atoms with Crippen molar-refractivity contribution in [3.8, 4) is 5.75 Å². The van der Waals surface area contributed by atoms with Gasteiger partial charge in [0, 0.05) is 10.9 Å². The molecule has 0 aliphatic heterocycles. The molecule has 0 heterocycles. The fourth-order valence-electron chi connectivity index (χ4n) is 2.63. The Morgan fingerprint density at radius 2 is 2.11 bits per heavy atom. The van der Waals surface area contributed by atoms with E-state index in [1.165, 1.54) is 32.1 Å². The Bertz CT molecular complexity index is 442. The fourth-order valence-corrected chi connectivity index (χ4v) is 2.99. The Labute approximate surface area is 122 Å². The summed E-state index contributed by atoms with van der Waals surface area (Å²) in [5.41, 5.74) is 0.734. The summed E-state index contributed by atoms with van der Waals surface area (Å²) >= 11 is 3.41. The first-order chi connectivity index (χ1) is 9.19. The van der Waals surface area contributed by atoms with Crippen molar-refractivity contribution in [3.05, 3.63) is 22.7 Å². The molecular weight excluding hydrogens is 306 g/mol. The van der Waals surface area contributed by atoms with Crippen LogP contribution in [-0.4, -0.2) is 13.0 Å². The molecule has 1 aliphatic carbocycles. The minimum Gasteiger partial charge on any atom is -0.495 e. The summed E-state index contributed by atoms with van der Waals surface area (Å²) in [5, 5.41) is 2.96. The summed E-state index contributed by atoms with van der Waals surface area (Å²) in [6.45, 7) is 0. The molecule has 0 aromatic heterocycles. The monoisotopic (exact) mass is 325 g/mol. The number of ether oxygens (including phenoxy) is 1. The Morgan fingerprint density at radius 3 is 2.79 bits per heavy atom. The molecule has 1 N–H and O–H groups in total. The number of nitrogens with one attached hydrogen (secondary N) is 1. The van der Waals surface area contributed by atoms with E-state index >= 15 is 0 Å². The summed E-state index contributed by atoms with van der Waals surface area (Å²) < 4.78 is 6.19. The first-order valence-corrected chi connectivity index (χ1v) is 7.61. The normalized spacial score (nSPS) is 16.1. The minimum atomic E-state index is 0.0864. The Morgan fingerprint density at radius 1 is 1.37 bits per heavy atom. The van der Waals surface area contributed by atoms with Gasteiger partial charge in [0.2, 0.25) is 5.91 Å². The Kier molecular flexibility index (Phi) is 5.25. The standard InChI is InChI=1S/C15H20BrNO2/c1-19-14-8-7-12(16)10-13(14)17-15(18)9-11-5-3-2-4-6-11/h7-8,10-11H,2-6,9H2,1H3,(H,17,18). The van der Waals surface area contributed by atoms with Gasteiger partial charge in [-0.2, -0.15) is 0 Å². The lowest BCUT2D eigenvalue weighted by molar-refractivity contribution is -0.117. The van der Waals surface area contributed by atoms with Gasteiger partial charge in [-0.3, -0.25) is 4.79 Å². The van der Waals surface area contributed by atoms with Crippen LogP contribution in [0.5, 0.6) is 5.75 Å². The average Bonchev–Trinajstić information content (AvgIpc) is 2.40. The van der Waals surface area contributed by atoms with Gasteiger partial charge in [0.05, 0.1) is 12.8 Å². The van der Waals surface area contributed by atoms with Crippen LogP contribution in [0.25, 0.3) is 0 Å². The SMILES string of the molecule is COc1ccc(Br)cc1NC(=O)CC1CCCCC1. The molecule has 2 rings (SSSR count). The van der Waals surface area contributed by atoms with E-state index < -0.39 is 0 Å². The number of anilines is 1. The van der Waals surface area contributed by atoms with E-state index in [0.717, 1.165) is 10.2 Å². The highest BCUT2D eigenvalue weighted by atomic mass is 79.9. The number of methoxy groups -OCH3 is 1. The second-order valence-corrected chi connectivity index (χ2v) is 6.02. The molecule has 1 fully saturated rings. The topological polar surface area (TPSA) is 38.3 Å². The molecule has 4 heteroatoms. The van der Waals surface area contributed by atoms with Gasteiger partial charge in [-0.15, -0.1) is 0 Å². The van der Waals surface area contributed by atoms with Gasteiger partial charge in [0.1, 0.15) is 5.75 Å². The summed E-state index contributed by atoms with van der Waals surface area (Å²) in [4.78, 5) is 12.1. The molecule has 1 saturated carbocycles. The lowest BCUT2D eigenvalue weighted by Crippen LogP contribution is -2.18. The highest BCUT2D eigenvalue weighted by molar-refractivity contribution is 9.10. The summed E-state index contributed by atoms with van der Waals surface area (Å²) in [5.74, 6) is 1.33. The molecule has 0 bridgehead atoms. The Balaban J connectivity index is 1.95. The van der Waals surface area contributed by atoms with Gasteiger partial charge in [-0.1, -0.05) is 35.2 Å². The molecule has 1 aromatic carbocycles. The molecule has 1 aliphatic rings. The van der Waals surface area contributed by atoms with Crippen molar-refractivity contribution in [2.45, 2.75) is 38.5 Å². The first-order valence-electron chi connectivity index (χ1n) is 6.82. The van der Waals surface area contributed by atoms with E-state index in [1.807, 2.05) is 18.2 Å². The molecule has 1 aromatic rings. The largest absolute Gasteiger partial charge is 0.495 e. The Hall–Kier alpha value is -1.03. The van der Waals surface area contributed by atoms with Gasteiger partial charge >= 0.3 is 0 Å². The average molecular weight is 326 g/mol. The zero-order chi connectivity index (χ0) is 13.7. The third kappa shape index (κ3) is 4.23. The number of carbonyl (C=O) groups excluding carboxylic acids is 1. The van der Waals surface area contributed by atoms with Crippen LogP contribution in [-0.2, 0) is 4.79 Å². The molecule has 3 nitrogen and oxygen atoms in total. The molecule has 19 heavy (non-hydrogen) atoms. The van der Waals surface area contributed by atoms with Gasteiger partial charge in [0.15, 0.2) is 0 Å². The van der Waals surface area contributed by atoms with Crippen molar-refractivity contribution < 1.29 is 9.53 Å². The van der Waals surface area contributed by atoms with Crippen molar-refractivity contribution in [1.82, 2.24) is 0 Å². The second-order valence-electron chi connectivity index (χ2n) is 5.10. The third-order valence-corrected chi connectivity index (χ3v) is 4.13. The lowest BCUT2D eigenvalue weighted by atomic mass is 9.87. The zero-order valence-corrected chi connectivity index (χ0v) is 12.8. The van der Waals surface area contributed by atoms with Gasteiger partial charge in [-0.25, -0.2) is 0 Å². The number of carbonyl (C=O) groups is 1. The first kappa shape index (κ1) is 14.4. The molecule has 0 radical (unpaired) electrons. The van der Waals surface area contributed by atoms with Crippen molar-refractivity contribution in [3.63, 3.8) is 0 Å². The van der Waals surface area contributed by atoms with Crippen LogP contribution in [0, 0.1) is 5.92 Å². The summed E-state index contributed by atoms with van der Waals surface area (Å²) in [7, 11) is 1.61.